The third-order valence-corrected chi connectivity index (χ3v) is 4.98. The van der Waals surface area contributed by atoms with Crippen LogP contribution in [0.25, 0.3) is 0 Å². The van der Waals surface area contributed by atoms with Crippen molar-refractivity contribution in [3.63, 3.8) is 0 Å². The number of aromatic nitrogens is 3. The van der Waals surface area contributed by atoms with Crippen LogP contribution >= 0.6 is 23.2 Å². The molecular weight excluding hydrogens is 408 g/mol. The van der Waals surface area contributed by atoms with Crippen LogP contribution in [0.2, 0.25) is 10.0 Å². The number of fused-ring (bicyclic) bond motifs is 1. The highest BCUT2D eigenvalue weighted by Crippen LogP contribution is 2.34. The lowest BCUT2D eigenvalue weighted by Gasteiger charge is -2.28. The molecule has 4 rings (SSSR count). The van der Waals surface area contributed by atoms with Gasteiger partial charge < -0.3 is 10.6 Å². The summed E-state index contributed by atoms with van der Waals surface area (Å²) in [7, 11) is 0. The van der Waals surface area contributed by atoms with Crippen molar-refractivity contribution in [2.75, 3.05) is 5.32 Å². The van der Waals surface area contributed by atoms with Gasteiger partial charge in [0.25, 0.3) is 11.5 Å². The molecule has 0 saturated carbocycles. The summed E-state index contributed by atoms with van der Waals surface area (Å²) in [6.45, 7) is 1.67. The third-order valence-electron chi connectivity index (χ3n) is 4.46. The average Bonchev–Trinajstić information content (AvgIpc) is 2.92. The lowest BCUT2D eigenvalue weighted by atomic mass is 10.0. The Bertz CT molecular complexity index is 1180. The van der Waals surface area contributed by atoms with Crippen molar-refractivity contribution < 1.29 is 9.18 Å². The maximum absolute atomic E-state index is 13.3. The number of halogens is 3. The molecule has 2 N–H and O–H groups in total. The maximum atomic E-state index is 13.3. The number of benzene rings is 1. The Balaban J connectivity index is 1.91. The summed E-state index contributed by atoms with van der Waals surface area (Å²) in [6, 6.07) is 9.12. The van der Waals surface area contributed by atoms with Crippen molar-refractivity contribution >= 4 is 40.6 Å². The van der Waals surface area contributed by atoms with Gasteiger partial charge in [-0.3, -0.25) is 14.2 Å². The SMILES string of the molecule is CC1(c2cccc(Cl)c2)NC(=O)c2c(Cl)cc(Nc3cc(F)ncn3)c(=O)n21. The number of amides is 1. The van der Waals surface area contributed by atoms with Gasteiger partial charge in [-0.05, 0) is 30.7 Å². The molecule has 0 fully saturated rings. The quantitative estimate of drug-likeness (QED) is 0.635. The summed E-state index contributed by atoms with van der Waals surface area (Å²) in [5, 5.41) is 6.02. The van der Waals surface area contributed by atoms with Crippen molar-refractivity contribution in [1.82, 2.24) is 19.9 Å². The van der Waals surface area contributed by atoms with Gasteiger partial charge in [-0.1, -0.05) is 35.3 Å². The molecule has 3 aromatic rings. The number of nitrogens with one attached hydrogen (secondary N) is 2. The number of pyridine rings is 1. The van der Waals surface area contributed by atoms with Crippen molar-refractivity contribution in [3.8, 4) is 0 Å². The Kier molecular flexibility index (Phi) is 4.32. The monoisotopic (exact) mass is 419 g/mol. The first kappa shape index (κ1) is 18.4. The third kappa shape index (κ3) is 2.90. The molecule has 28 heavy (non-hydrogen) atoms. The fraction of sp³-hybridized carbons (Fsp3) is 0.111. The Morgan fingerprint density at radius 1 is 1.18 bits per heavy atom. The summed E-state index contributed by atoms with van der Waals surface area (Å²) in [4.78, 5) is 33.0. The molecule has 7 nitrogen and oxygen atoms in total. The van der Waals surface area contributed by atoms with Gasteiger partial charge in [-0.15, -0.1) is 0 Å². The lowest BCUT2D eigenvalue weighted by Crippen LogP contribution is -2.46. The van der Waals surface area contributed by atoms with E-state index in [2.05, 4.69) is 20.6 Å². The number of carbonyl (C=O) groups is 1. The number of carbonyl (C=O) groups excluding carboxylic acids is 1. The first-order valence-corrected chi connectivity index (χ1v) is 8.84. The van der Waals surface area contributed by atoms with Gasteiger partial charge in [0.2, 0.25) is 5.95 Å². The smallest absolute Gasteiger partial charge is 0.277 e. The highest BCUT2D eigenvalue weighted by atomic mass is 35.5. The maximum Gasteiger partial charge on any atom is 0.277 e. The molecule has 10 heteroatoms. The Hall–Kier alpha value is -2.97. The number of rotatable bonds is 3. The second-order valence-electron chi connectivity index (χ2n) is 6.28. The Morgan fingerprint density at radius 3 is 2.68 bits per heavy atom. The van der Waals surface area contributed by atoms with Crippen LogP contribution in [0.1, 0.15) is 23.0 Å². The first-order valence-electron chi connectivity index (χ1n) is 8.09. The number of hydrogen-bond acceptors (Lipinski definition) is 5. The molecule has 0 spiro atoms. The first-order chi connectivity index (χ1) is 13.3. The van der Waals surface area contributed by atoms with Crippen LogP contribution in [0.15, 0.2) is 47.5 Å². The zero-order valence-corrected chi connectivity index (χ0v) is 15.8. The normalized spacial score (nSPS) is 17.9. The lowest BCUT2D eigenvalue weighted by molar-refractivity contribution is 0.0941. The highest BCUT2D eigenvalue weighted by molar-refractivity contribution is 6.34. The van der Waals surface area contributed by atoms with Crippen LogP contribution in [0.4, 0.5) is 15.9 Å². The van der Waals surface area contributed by atoms with Gasteiger partial charge in [-0.2, -0.15) is 4.39 Å². The van der Waals surface area contributed by atoms with Gasteiger partial charge in [0.05, 0.1) is 5.02 Å². The van der Waals surface area contributed by atoms with Crippen LogP contribution in [-0.4, -0.2) is 20.4 Å². The minimum atomic E-state index is -1.22. The summed E-state index contributed by atoms with van der Waals surface area (Å²) in [5.74, 6) is -1.18. The summed E-state index contributed by atoms with van der Waals surface area (Å²) in [6.07, 6.45) is 1.02. The summed E-state index contributed by atoms with van der Waals surface area (Å²) in [5.41, 5.74) is -1.12. The number of nitrogens with zero attached hydrogens (tertiary/aromatic N) is 3. The zero-order valence-electron chi connectivity index (χ0n) is 14.3. The van der Waals surface area contributed by atoms with Gasteiger partial charge in [0, 0.05) is 11.1 Å². The van der Waals surface area contributed by atoms with Gasteiger partial charge >= 0.3 is 0 Å². The fourth-order valence-corrected chi connectivity index (χ4v) is 3.65. The van der Waals surface area contributed by atoms with E-state index in [1.54, 1.807) is 31.2 Å². The van der Waals surface area contributed by atoms with E-state index >= 15 is 0 Å². The predicted molar refractivity (Wildman–Crippen MR) is 103 cm³/mol. The molecule has 1 aliphatic rings. The van der Waals surface area contributed by atoms with Crippen molar-refractivity contribution in [2.45, 2.75) is 12.6 Å². The molecule has 1 amide bonds. The van der Waals surface area contributed by atoms with Crippen LogP contribution in [-0.2, 0) is 5.66 Å². The average molecular weight is 420 g/mol. The number of anilines is 2. The minimum Gasteiger partial charge on any atom is -0.335 e. The second kappa shape index (κ2) is 6.57. The molecular formula is C18H12Cl2FN5O2. The molecule has 0 radical (unpaired) electrons. The molecule has 1 aliphatic heterocycles. The zero-order chi connectivity index (χ0) is 20.1. The van der Waals surface area contributed by atoms with Crippen molar-refractivity contribution in [1.29, 1.82) is 0 Å². The molecule has 142 valence electrons. The van der Waals surface area contributed by atoms with E-state index in [-0.39, 0.29) is 22.2 Å². The number of hydrogen-bond donors (Lipinski definition) is 2. The summed E-state index contributed by atoms with van der Waals surface area (Å²) < 4.78 is 14.6. The van der Waals surface area contributed by atoms with E-state index in [1.165, 1.54) is 10.6 Å². The van der Waals surface area contributed by atoms with Crippen LogP contribution in [0.3, 0.4) is 0 Å². The molecule has 0 bridgehead atoms. The fourth-order valence-electron chi connectivity index (χ4n) is 3.18. The predicted octanol–water partition coefficient (Wildman–Crippen LogP) is 3.29. The van der Waals surface area contributed by atoms with E-state index < -0.39 is 23.1 Å². The topological polar surface area (TPSA) is 88.9 Å². The molecule has 1 aromatic carbocycles. The van der Waals surface area contributed by atoms with Gasteiger partial charge in [0.15, 0.2) is 0 Å². The van der Waals surface area contributed by atoms with Crippen molar-refractivity contribution in [3.05, 3.63) is 80.3 Å². The van der Waals surface area contributed by atoms with Crippen molar-refractivity contribution in [2.24, 2.45) is 0 Å². The molecule has 0 saturated heterocycles. The van der Waals surface area contributed by atoms with E-state index in [4.69, 9.17) is 23.2 Å². The molecule has 1 unspecified atom stereocenters. The second-order valence-corrected chi connectivity index (χ2v) is 7.13. The molecule has 1 atom stereocenters. The largest absolute Gasteiger partial charge is 0.335 e. The molecule has 2 aromatic heterocycles. The standard InChI is InChI=1S/C18H12Cl2FN5O2/c1-18(9-3-2-4-10(19)5-9)25-16(27)15-11(20)6-12(17(28)26(15)18)24-14-7-13(21)22-8-23-14/h2-8H,1H3,(H,25,27)(H,22,23,24). The molecule has 0 aliphatic carbocycles. The Labute approximate surface area is 168 Å². The van der Waals surface area contributed by atoms with Gasteiger partial charge in [0.1, 0.15) is 29.2 Å². The summed E-state index contributed by atoms with van der Waals surface area (Å²) >= 11 is 12.4. The van der Waals surface area contributed by atoms with E-state index in [9.17, 15) is 14.0 Å². The van der Waals surface area contributed by atoms with E-state index in [1.807, 2.05) is 0 Å². The van der Waals surface area contributed by atoms with Gasteiger partial charge in [-0.25, -0.2) is 9.97 Å². The van der Waals surface area contributed by atoms with Crippen LogP contribution in [0, 0.1) is 5.95 Å². The molecule has 3 heterocycles. The van der Waals surface area contributed by atoms with Crippen LogP contribution in [0.5, 0.6) is 0 Å². The highest BCUT2D eigenvalue weighted by Gasteiger charge is 2.43. The Morgan fingerprint density at radius 2 is 1.96 bits per heavy atom. The van der Waals surface area contributed by atoms with E-state index in [0.29, 0.717) is 10.6 Å². The minimum absolute atomic E-state index is 0.0218. The van der Waals surface area contributed by atoms with E-state index in [0.717, 1.165) is 12.4 Å². The van der Waals surface area contributed by atoms with Crippen LogP contribution < -0.4 is 16.2 Å².